The van der Waals surface area contributed by atoms with Crippen molar-refractivity contribution in [3.63, 3.8) is 0 Å². The van der Waals surface area contributed by atoms with Crippen LogP contribution in [-0.2, 0) is 38.5 Å². The van der Waals surface area contributed by atoms with E-state index in [4.69, 9.17) is 0 Å². The van der Waals surface area contributed by atoms with Gasteiger partial charge in [-0.1, -0.05) is 0 Å². The van der Waals surface area contributed by atoms with Crippen LogP contribution < -0.4 is 28.1 Å². The number of allylic oxidation sites excluding steroid dienone is 4. The number of benzene rings is 2. The largest absolute Gasteiger partial charge is 1.00 e. The minimum absolute atomic E-state index is 0. The molecule has 3 heteroatoms. The van der Waals surface area contributed by atoms with Crippen molar-refractivity contribution >= 4 is 6.48 Å². The van der Waals surface area contributed by atoms with Gasteiger partial charge in [0.1, 0.15) is 0 Å². The fraction of sp³-hybridized carbons (Fsp3) is 0.575. The van der Waals surface area contributed by atoms with E-state index in [9.17, 15) is 0 Å². The Morgan fingerprint density at radius 2 is 1.37 bits per heavy atom. The molecular formula is C40H52Cl2Zr. The smallest absolute Gasteiger partial charge is 1.00 e. The van der Waals surface area contributed by atoms with Gasteiger partial charge in [0.2, 0.25) is 0 Å². The summed E-state index contributed by atoms with van der Waals surface area (Å²) in [5, 5.41) is 0. The summed E-state index contributed by atoms with van der Waals surface area (Å²) >= 11 is -2.37. The molecule has 0 N–H and O–H groups in total. The third kappa shape index (κ3) is 5.42. The van der Waals surface area contributed by atoms with Crippen molar-refractivity contribution in [1.29, 1.82) is 0 Å². The molecule has 0 heterocycles. The van der Waals surface area contributed by atoms with Crippen LogP contribution in [-0.4, -0.2) is 3.21 Å². The van der Waals surface area contributed by atoms with E-state index < -0.39 is 21.3 Å². The number of hydrogen-bond donors (Lipinski definition) is 0. The Morgan fingerprint density at radius 1 is 0.791 bits per heavy atom. The minimum Gasteiger partial charge on any atom is -1.00 e. The van der Waals surface area contributed by atoms with Crippen LogP contribution in [0.1, 0.15) is 123 Å². The van der Waals surface area contributed by atoms with Crippen molar-refractivity contribution in [2.45, 2.75) is 118 Å². The fourth-order valence-corrected chi connectivity index (χ4v) is 18.4. The molecule has 1 unspecified atom stereocenters. The Morgan fingerprint density at radius 3 is 1.91 bits per heavy atom. The monoisotopic (exact) mass is 692 g/mol. The van der Waals surface area contributed by atoms with Gasteiger partial charge in [0.25, 0.3) is 0 Å². The molecule has 2 aromatic rings. The minimum atomic E-state index is -2.37. The van der Waals surface area contributed by atoms with E-state index in [1.165, 1.54) is 55.2 Å². The molecule has 0 radical (unpaired) electrons. The summed E-state index contributed by atoms with van der Waals surface area (Å²) in [5.74, 6) is 3.01. The predicted octanol–water partition coefficient (Wildman–Crippen LogP) is 3.99. The van der Waals surface area contributed by atoms with E-state index >= 15 is 0 Å². The second kappa shape index (κ2) is 11.2. The maximum Gasteiger partial charge on any atom is -1.00 e. The molecule has 0 nitrogen and oxygen atoms in total. The number of fused-ring (bicyclic) bond motifs is 3. The van der Waals surface area contributed by atoms with E-state index in [1.807, 2.05) is 0 Å². The van der Waals surface area contributed by atoms with E-state index in [2.05, 4.69) is 111 Å². The van der Waals surface area contributed by atoms with Crippen LogP contribution in [0.5, 0.6) is 0 Å². The van der Waals surface area contributed by atoms with Gasteiger partial charge in [0.15, 0.2) is 0 Å². The molecule has 6 aliphatic carbocycles. The zero-order chi connectivity index (χ0) is 29.1. The zero-order valence-electron chi connectivity index (χ0n) is 28.1. The molecule has 0 amide bonds. The van der Waals surface area contributed by atoms with Crippen LogP contribution in [0.3, 0.4) is 0 Å². The topological polar surface area (TPSA) is 0 Å². The van der Waals surface area contributed by atoms with E-state index in [0.29, 0.717) is 5.41 Å². The van der Waals surface area contributed by atoms with Crippen molar-refractivity contribution in [3.8, 4) is 11.1 Å². The molecule has 0 aliphatic heterocycles. The molecule has 4 fully saturated rings. The average molecular weight is 695 g/mol. The molecule has 0 aromatic heterocycles. The number of halogens is 2. The third-order valence-electron chi connectivity index (χ3n) is 12.0. The zero-order valence-corrected chi connectivity index (χ0v) is 32.0. The Labute approximate surface area is 282 Å². The molecule has 4 saturated carbocycles. The van der Waals surface area contributed by atoms with E-state index in [0.717, 1.165) is 24.2 Å². The van der Waals surface area contributed by atoms with Crippen LogP contribution in [0.4, 0.5) is 0 Å². The molecule has 1 atom stereocenters. The maximum atomic E-state index is 2.87. The Bertz CT molecular complexity index is 1500. The quantitative estimate of drug-likeness (QED) is 0.390. The van der Waals surface area contributed by atoms with Gasteiger partial charge in [-0.3, -0.25) is 0 Å². The van der Waals surface area contributed by atoms with Gasteiger partial charge < -0.3 is 24.8 Å². The van der Waals surface area contributed by atoms with Crippen LogP contribution >= 0.6 is 0 Å². The molecule has 230 valence electrons. The van der Waals surface area contributed by atoms with Crippen molar-refractivity contribution in [2.24, 2.45) is 28.6 Å². The van der Waals surface area contributed by atoms with Gasteiger partial charge in [-0.25, -0.2) is 0 Å². The standard InChI is InChI=1S/C21H25.C16H21.C3H6.2ClH.Zr/c1-20(2,3)16-7-9-18-14(12-16)11-15-13-17(21(4,5)6)8-10-19(15)18;1-15(4-2-3-5-15)16-9-12-6-13(10-16)8-14(7-12)11-16;1-3-2;;;/h7-10,12H,11H2,1-6H3;2,4-5,12-14H,6-11H2,1H3;1-2H3;2*1H;/q;;;;;+2/p-2. The molecular weight excluding hydrogens is 643 g/mol. The van der Waals surface area contributed by atoms with Gasteiger partial charge in [-0.05, 0) is 0 Å². The van der Waals surface area contributed by atoms with Crippen molar-refractivity contribution in [3.05, 3.63) is 74.1 Å². The van der Waals surface area contributed by atoms with Crippen LogP contribution in [0, 0.1) is 28.6 Å². The summed E-state index contributed by atoms with van der Waals surface area (Å²) in [5.41, 5.74) is 10.4. The van der Waals surface area contributed by atoms with Gasteiger partial charge in [-0.2, -0.15) is 0 Å². The van der Waals surface area contributed by atoms with E-state index in [1.54, 1.807) is 26.4 Å². The SMILES string of the molecule is C[C](C)=[Zr+2]([C]1=CC(C)(C23CC4CC(CC(C4)C2)C3)C=C1)[c]1c(C(C)(C)C)ccc2c1Cc1cc(C(C)(C)C)ccc1-2.[Cl-].[Cl-]. The van der Waals surface area contributed by atoms with Gasteiger partial charge >= 0.3 is 260 Å². The molecule has 2 aromatic carbocycles. The first kappa shape index (κ1) is 33.6. The fourth-order valence-electron chi connectivity index (χ4n) is 10.3. The third-order valence-corrected chi connectivity index (χ3v) is 19.3. The normalized spacial score (nSPS) is 29.7. The van der Waals surface area contributed by atoms with Crippen molar-refractivity contribution < 1.29 is 46.1 Å². The summed E-state index contributed by atoms with van der Waals surface area (Å²) in [4.78, 5) is 0. The average Bonchev–Trinajstić information content (AvgIpc) is 3.43. The molecule has 4 bridgehead atoms. The first-order chi connectivity index (χ1) is 19.2. The molecule has 0 spiro atoms. The molecule has 43 heavy (non-hydrogen) atoms. The second-order valence-electron chi connectivity index (χ2n) is 17.4. The summed E-state index contributed by atoms with van der Waals surface area (Å²) in [6.07, 6.45) is 18.4. The molecule has 0 saturated heterocycles. The second-order valence-corrected chi connectivity index (χ2v) is 24.3. The maximum absolute atomic E-state index is 2.87. The number of hydrogen-bond acceptors (Lipinski definition) is 0. The molecule has 6 aliphatic rings. The predicted molar refractivity (Wildman–Crippen MR) is 174 cm³/mol. The molecule has 8 rings (SSSR count). The van der Waals surface area contributed by atoms with Crippen LogP contribution in [0.15, 0.2) is 51.8 Å². The first-order valence-corrected chi connectivity index (χ1v) is 20.3. The Balaban J connectivity index is 0.00000184. The Kier molecular flexibility index (Phi) is 8.75. The van der Waals surface area contributed by atoms with Crippen LogP contribution in [0.2, 0.25) is 0 Å². The van der Waals surface area contributed by atoms with Gasteiger partial charge in [-0.15, -0.1) is 0 Å². The van der Waals surface area contributed by atoms with Crippen molar-refractivity contribution in [2.75, 3.05) is 0 Å². The summed E-state index contributed by atoms with van der Waals surface area (Å²) in [7, 11) is 0. The summed E-state index contributed by atoms with van der Waals surface area (Å²) in [6, 6.07) is 12.4. The van der Waals surface area contributed by atoms with Gasteiger partial charge in [0, 0.05) is 0 Å². The Hall–Kier alpha value is -0.747. The number of rotatable bonds is 3. The van der Waals surface area contributed by atoms with Gasteiger partial charge in [0.05, 0.1) is 0 Å². The van der Waals surface area contributed by atoms with Crippen molar-refractivity contribution in [1.82, 2.24) is 0 Å². The summed E-state index contributed by atoms with van der Waals surface area (Å²) in [6.45, 7) is 22.0. The summed E-state index contributed by atoms with van der Waals surface area (Å²) < 4.78 is 5.29. The van der Waals surface area contributed by atoms with Crippen LogP contribution in [0.25, 0.3) is 11.1 Å². The first-order valence-electron chi connectivity index (χ1n) is 16.6. The van der Waals surface area contributed by atoms with E-state index in [-0.39, 0.29) is 41.1 Å².